The highest BCUT2D eigenvalue weighted by atomic mass is 32.2. The lowest BCUT2D eigenvalue weighted by atomic mass is 10.0. The molecule has 0 aromatic heterocycles. The van der Waals surface area contributed by atoms with Crippen LogP contribution >= 0.6 is 0 Å². The van der Waals surface area contributed by atoms with E-state index in [1.54, 1.807) is 51.1 Å². The van der Waals surface area contributed by atoms with E-state index in [-0.39, 0.29) is 25.1 Å². The van der Waals surface area contributed by atoms with Gasteiger partial charge >= 0.3 is 16.3 Å². The van der Waals surface area contributed by atoms with Gasteiger partial charge in [-0.1, -0.05) is 80.5 Å². The third-order valence-electron chi connectivity index (χ3n) is 6.98. The quantitative estimate of drug-likeness (QED) is 0.106. The van der Waals surface area contributed by atoms with Crippen LogP contribution in [-0.4, -0.2) is 81.8 Å². The van der Waals surface area contributed by atoms with Crippen molar-refractivity contribution in [2.24, 2.45) is 0 Å². The zero-order valence-electron chi connectivity index (χ0n) is 32.5. The van der Waals surface area contributed by atoms with E-state index < -0.39 is 45.8 Å². The molecule has 2 atom stereocenters. The standard InChI is InChI=1S/C32H47N5O7S.C4H8.C3H6/c1-7-8-12-19-33-29(39)27(23-25-15-17-26(18-16-25)37(20-21-38)45(42,43)36(5)6)34-30(40)28(22-24-13-10-9-11-14-24)35-31(41)44-32(2,3)4;1-3-4-2;1-3-2/h9-11,13-18,21,27-28H,7-8,12,19-20,22-23H2,1-6H3,(H,33,39)(H,34,40)(H,35,41);3-4H,1-2H3;3H,1H2,2H3/b;4-3-;/t27-,28?;;/m0../s1. The van der Waals surface area contributed by atoms with Crippen LogP contribution in [0.2, 0.25) is 0 Å². The molecule has 0 bridgehead atoms. The highest BCUT2D eigenvalue weighted by Gasteiger charge is 2.29. The molecule has 290 valence electrons. The van der Waals surface area contributed by atoms with E-state index in [2.05, 4.69) is 29.5 Å². The summed E-state index contributed by atoms with van der Waals surface area (Å²) in [6.07, 6.45) is 8.43. The van der Waals surface area contributed by atoms with Gasteiger partial charge in [-0.2, -0.15) is 12.7 Å². The van der Waals surface area contributed by atoms with Gasteiger partial charge in [-0.25, -0.2) is 4.79 Å². The number of nitrogens with zero attached hydrogens (tertiary/aromatic N) is 2. The third-order valence-corrected chi connectivity index (χ3v) is 8.82. The minimum atomic E-state index is -3.92. The Morgan fingerprint density at radius 3 is 1.83 bits per heavy atom. The molecule has 13 heteroatoms. The molecule has 3 N–H and O–H groups in total. The number of rotatable bonds is 17. The fraction of sp³-hybridized carbons (Fsp3) is 0.487. The Morgan fingerprint density at radius 2 is 1.37 bits per heavy atom. The van der Waals surface area contributed by atoms with Crippen molar-refractivity contribution in [2.45, 2.75) is 98.3 Å². The number of hydrogen-bond donors (Lipinski definition) is 3. The first-order chi connectivity index (χ1) is 24.5. The number of hydrogen-bond acceptors (Lipinski definition) is 7. The summed E-state index contributed by atoms with van der Waals surface area (Å²) in [5, 5.41) is 8.34. The van der Waals surface area contributed by atoms with Gasteiger partial charge in [-0.05, 0) is 71.2 Å². The number of carbonyl (C=O) groups is 4. The molecule has 0 aliphatic heterocycles. The average Bonchev–Trinajstić information content (AvgIpc) is 3.08. The molecule has 3 amide bonds. The molecule has 2 rings (SSSR count). The van der Waals surface area contributed by atoms with Crippen molar-refractivity contribution >= 4 is 40.1 Å². The summed E-state index contributed by atoms with van der Waals surface area (Å²) in [7, 11) is -1.18. The Kier molecular flexibility index (Phi) is 23.3. The highest BCUT2D eigenvalue weighted by Crippen LogP contribution is 2.20. The van der Waals surface area contributed by atoms with E-state index in [9.17, 15) is 27.6 Å². The first-order valence-electron chi connectivity index (χ1n) is 17.5. The molecular formula is C39H61N5O7S. The zero-order valence-corrected chi connectivity index (χ0v) is 33.3. The molecule has 52 heavy (non-hydrogen) atoms. The van der Waals surface area contributed by atoms with E-state index in [1.807, 2.05) is 63.3 Å². The van der Waals surface area contributed by atoms with Gasteiger partial charge in [0.05, 0.1) is 12.2 Å². The summed E-state index contributed by atoms with van der Waals surface area (Å²) in [6.45, 7) is 16.5. The highest BCUT2D eigenvalue weighted by molar-refractivity contribution is 7.90. The van der Waals surface area contributed by atoms with Crippen LogP contribution in [0.15, 0.2) is 79.4 Å². The number of unbranched alkanes of at least 4 members (excludes halogenated alkanes) is 2. The van der Waals surface area contributed by atoms with Crippen molar-refractivity contribution in [2.75, 3.05) is 31.5 Å². The first kappa shape index (κ1) is 47.5. The van der Waals surface area contributed by atoms with E-state index in [4.69, 9.17) is 4.74 Å². The number of anilines is 1. The molecule has 0 spiro atoms. The summed E-state index contributed by atoms with van der Waals surface area (Å²) in [4.78, 5) is 50.9. The second-order valence-corrected chi connectivity index (χ2v) is 14.9. The summed E-state index contributed by atoms with van der Waals surface area (Å²) in [6, 6.07) is 13.5. The topological polar surface area (TPSA) is 154 Å². The summed E-state index contributed by atoms with van der Waals surface area (Å²) >= 11 is 0. The predicted octanol–water partition coefficient (Wildman–Crippen LogP) is 5.74. The maximum absolute atomic E-state index is 13.6. The van der Waals surface area contributed by atoms with Crippen LogP contribution in [0.5, 0.6) is 0 Å². The molecule has 0 fully saturated rings. The Hall–Kier alpha value is -4.49. The van der Waals surface area contributed by atoms with E-state index in [1.165, 1.54) is 14.1 Å². The van der Waals surface area contributed by atoms with Gasteiger partial charge in [-0.3, -0.25) is 13.9 Å². The number of carbonyl (C=O) groups excluding carboxylic acids is 4. The van der Waals surface area contributed by atoms with Crippen molar-refractivity contribution in [1.29, 1.82) is 0 Å². The van der Waals surface area contributed by atoms with Gasteiger partial charge < -0.3 is 25.5 Å². The largest absolute Gasteiger partial charge is 0.444 e. The number of allylic oxidation sites excluding steroid dienone is 3. The van der Waals surface area contributed by atoms with Crippen LogP contribution in [0, 0.1) is 0 Å². The molecular weight excluding hydrogens is 683 g/mol. The van der Waals surface area contributed by atoms with Crippen LogP contribution in [-0.2, 0) is 42.2 Å². The average molecular weight is 744 g/mol. The lowest BCUT2D eigenvalue weighted by molar-refractivity contribution is -0.130. The molecule has 0 aliphatic carbocycles. The van der Waals surface area contributed by atoms with Gasteiger partial charge in [0.1, 0.15) is 24.0 Å². The van der Waals surface area contributed by atoms with E-state index in [0.29, 0.717) is 18.4 Å². The smallest absolute Gasteiger partial charge is 0.408 e. The Labute approximate surface area is 312 Å². The summed E-state index contributed by atoms with van der Waals surface area (Å²) < 4.78 is 32.9. The number of benzene rings is 2. The third kappa shape index (κ3) is 19.2. The number of amides is 3. The van der Waals surface area contributed by atoms with Crippen molar-refractivity contribution < 1.29 is 32.3 Å². The number of ether oxygens (including phenoxy) is 1. The normalized spacial score (nSPS) is 12.2. The Morgan fingerprint density at radius 1 is 0.846 bits per heavy atom. The van der Waals surface area contributed by atoms with Crippen LogP contribution in [0.4, 0.5) is 10.5 Å². The lowest BCUT2D eigenvalue weighted by Gasteiger charge is -2.26. The van der Waals surface area contributed by atoms with Gasteiger partial charge in [-0.15, -0.1) is 6.58 Å². The number of alkyl carbamates (subject to hydrolysis) is 1. The van der Waals surface area contributed by atoms with Crippen LogP contribution in [0.3, 0.4) is 0 Å². The Balaban J connectivity index is 0.00000340. The van der Waals surface area contributed by atoms with Crippen molar-refractivity contribution in [1.82, 2.24) is 20.3 Å². The molecule has 0 radical (unpaired) electrons. The maximum atomic E-state index is 13.6. The fourth-order valence-electron chi connectivity index (χ4n) is 4.33. The molecule has 2 aromatic rings. The van der Waals surface area contributed by atoms with Gasteiger partial charge in [0.25, 0.3) is 0 Å². The second kappa shape index (κ2) is 25.5. The fourth-order valence-corrected chi connectivity index (χ4v) is 5.36. The summed E-state index contributed by atoms with van der Waals surface area (Å²) in [5.74, 6) is -0.957. The molecule has 0 saturated heterocycles. The van der Waals surface area contributed by atoms with Crippen LogP contribution in [0.1, 0.15) is 78.9 Å². The monoisotopic (exact) mass is 743 g/mol. The van der Waals surface area contributed by atoms with Crippen molar-refractivity contribution in [3.63, 3.8) is 0 Å². The number of aldehydes is 1. The predicted molar refractivity (Wildman–Crippen MR) is 210 cm³/mol. The zero-order chi connectivity index (χ0) is 39.7. The minimum absolute atomic E-state index is 0.0875. The second-order valence-electron chi connectivity index (χ2n) is 12.9. The van der Waals surface area contributed by atoms with Crippen LogP contribution < -0.4 is 20.3 Å². The first-order valence-corrected chi connectivity index (χ1v) is 18.9. The van der Waals surface area contributed by atoms with Gasteiger partial charge in [0, 0.05) is 33.5 Å². The summed E-state index contributed by atoms with van der Waals surface area (Å²) in [5.41, 5.74) is 0.935. The van der Waals surface area contributed by atoms with E-state index >= 15 is 0 Å². The van der Waals surface area contributed by atoms with Crippen molar-refractivity contribution in [3.05, 3.63) is 90.5 Å². The molecule has 0 aliphatic rings. The van der Waals surface area contributed by atoms with Crippen molar-refractivity contribution in [3.8, 4) is 0 Å². The SMILES string of the molecule is C/C=C\C.C=CC.CCCCCNC(=O)[C@H](Cc1ccc(N(CC=O)S(=O)(=O)N(C)C)cc1)NC(=O)C(Cc1ccccc1)NC(=O)OC(C)(C)C. The molecule has 0 heterocycles. The molecule has 12 nitrogen and oxygen atoms in total. The molecule has 2 aromatic carbocycles. The van der Waals surface area contributed by atoms with E-state index in [0.717, 1.165) is 33.4 Å². The minimum Gasteiger partial charge on any atom is -0.444 e. The molecule has 1 unspecified atom stereocenters. The number of nitrogens with one attached hydrogen (secondary N) is 3. The Bertz CT molecular complexity index is 1490. The van der Waals surface area contributed by atoms with Crippen LogP contribution in [0.25, 0.3) is 0 Å². The van der Waals surface area contributed by atoms with Gasteiger partial charge in [0.15, 0.2) is 0 Å². The lowest BCUT2D eigenvalue weighted by Crippen LogP contribution is -2.55. The molecule has 0 saturated carbocycles. The van der Waals surface area contributed by atoms with Gasteiger partial charge in [0.2, 0.25) is 11.8 Å². The maximum Gasteiger partial charge on any atom is 0.408 e.